The minimum atomic E-state index is -0.708. The molecule has 1 amide bonds. The lowest BCUT2D eigenvalue weighted by Gasteiger charge is -2.61. The number of aliphatic carboxylic acids is 2. The van der Waals surface area contributed by atoms with Gasteiger partial charge in [0.05, 0.1) is 12.4 Å². The first-order valence-corrected chi connectivity index (χ1v) is 35.4. The first kappa shape index (κ1) is 65.7. The van der Waals surface area contributed by atoms with Crippen LogP contribution in [-0.4, -0.2) is 99.1 Å². The number of hydrogen-bond acceptors (Lipinski definition) is 12. The Morgan fingerprint density at radius 2 is 1.17 bits per heavy atom. The van der Waals surface area contributed by atoms with Crippen LogP contribution in [0.4, 0.5) is 4.79 Å². The fourth-order valence-electron chi connectivity index (χ4n) is 21.1. The third-order valence-electron chi connectivity index (χ3n) is 26.2. The molecule has 2 aromatic carbocycles. The SMILES string of the molecule is CC([C@H](C)CCC(=O)O)C1(C)CCC2[C@@H](CC[C@@H]3C[C@H](OC(=O)Cn4cc(-c5ccc6c7ccc(-c8cn(CC(=O)O[C@@H]9CCC%10(C)C%11CCC%12(C)C([C@H](C)CCC(=O)O)CC[C@H]%12[C@@H]%11CC[C@@H]%10C9)nn8)cc7n(CCNC(=O)OC(C)(C)C)c6c5)nn4)CCC23C)C1. The average Bonchev–Trinajstić information content (AvgIpc) is 1.28. The molecular formula is C74H104N8O10. The van der Waals surface area contributed by atoms with Crippen LogP contribution in [0.3, 0.4) is 0 Å². The van der Waals surface area contributed by atoms with Crippen LogP contribution >= 0.6 is 0 Å². The van der Waals surface area contributed by atoms with Gasteiger partial charge in [0.15, 0.2) is 0 Å². The first-order valence-electron chi connectivity index (χ1n) is 35.4. The van der Waals surface area contributed by atoms with Crippen LogP contribution in [0.2, 0.25) is 0 Å². The summed E-state index contributed by atoms with van der Waals surface area (Å²) in [5.74, 6) is 4.35. The van der Waals surface area contributed by atoms with E-state index < -0.39 is 23.6 Å². The van der Waals surface area contributed by atoms with Crippen molar-refractivity contribution in [3.8, 4) is 22.5 Å². The van der Waals surface area contributed by atoms with Crippen LogP contribution in [0, 0.1) is 86.8 Å². The van der Waals surface area contributed by atoms with Crippen molar-refractivity contribution in [1.29, 1.82) is 0 Å². The van der Waals surface area contributed by atoms with E-state index in [1.165, 1.54) is 64.2 Å². The lowest BCUT2D eigenvalue weighted by atomic mass is 9.44. The number of benzene rings is 2. The van der Waals surface area contributed by atoms with Crippen molar-refractivity contribution in [3.63, 3.8) is 0 Å². The van der Waals surface area contributed by atoms with Crippen LogP contribution in [-0.2, 0) is 53.0 Å². The molecule has 5 aromatic rings. The fourth-order valence-corrected chi connectivity index (χ4v) is 21.1. The lowest BCUT2D eigenvalue weighted by molar-refractivity contribution is -0.163. The zero-order valence-electron chi connectivity index (χ0n) is 56.6. The molecule has 0 aliphatic heterocycles. The quantitative estimate of drug-likeness (QED) is 0.0486. The summed E-state index contributed by atoms with van der Waals surface area (Å²) in [5.41, 5.74) is 5.01. The van der Waals surface area contributed by atoms with Crippen LogP contribution in [0.5, 0.6) is 0 Å². The molecule has 7 aliphatic carbocycles. The van der Waals surface area contributed by atoms with Gasteiger partial charge in [0, 0.05) is 58.9 Å². The number of hydrogen-bond donors (Lipinski definition) is 3. The number of aromatic nitrogens is 7. The highest BCUT2D eigenvalue weighted by molar-refractivity contribution is 6.10. The minimum Gasteiger partial charge on any atom is -0.481 e. The fraction of sp³-hybridized carbons (Fsp3) is 0.716. The number of esters is 2. The maximum Gasteiger partial charge on any atom is 0.407 e. The topological polar surface area (TPSA) is 232 Å². The molecule has 0 bridgehead atoms. The van der Waals surface area contributed by atoms with Crippen molar-refractivity contribution in [1.82, 2.24) is 39.9 Å². The summed E-state index contributed by atoms with van der Waals surface area (Å²) >= 11 is 0. The molecule has 3 heterocycles. The number of nitrogens with one attached hydrogen (secondary N) is 1. The zero-order valence-corrected chi connectivity index (χ0v) is 56.6. The highest BCUT2D eigenvalue weighted by Crippen LogP contribution is 2.69. The molecule has 18 heteroatoms. The summed E-state index contributed by atoms with van der Waals surface area (Å²) in [5, 5.41) is 41.6. The number of nitrogens with zero attached hydrogens (tertiary/aromatic N) is 7. The Morgan fingerprint density at radius 1 is 0.641 bits per heavy atom. The molecule has 7 saturated carbocycles. The third-order valence-corrected chi connectivity index (χ3v) is 26.2. The summed E-state index contributed by atoms with van der Waals surface area (Å²) in [6.45, 7) is 23.1. The second-order valence-electron chi connectivity index (χ2n) is 32.5. The number of carboxylic acid groups (broad SMARTS) is 2. The van der Waals surface area contributed by atoms with Gasteiger partial charge in [-0.25, -0.2) is 14.2 Å². The van der Waals surface area contributed by atoms with Gasteiger partial charge in [-0.15, -0.1) is 10.2 Å². The Morgan fingerprint density at radius 3 is 1.75 bits per heavy atom. The maximum absolute atomic E-state index is 13.7. The summed E-state index contributed by atoms with van der Waals surface area (Å²) in [6.07, 6.45) is 23.8. The lowest BCUT2D eigenvalue weighted by Crippen LogP contribution is -2.54. The maximum atomic E-state index is 13.7. The van der Waals surface area contributed by atoms with Gasteiger partial charge in [0.25, 0.3) is 0 Å². The van der Waals surface area contributed by atoms with Crippen LogP contribution in [0.1, 0.15) is 204 Å². The number of carboxylic acids is 2. The molecule has 500 valence electrons. The van der Waals surface area contributed by atoms with E-state index in [0.717, 1.165) is 96.6 Å². The second-order valence-corrected chi connectivity index (χ2v) is 32.5. The molecule has 7 aliphatic rings. The molecule has 0 saturated heterocycles. The van der Waals surface area contributed by atoms with E-state index >= 15 is 0 Å². The van der Waals surface area contributed by atoms with Gasteiger partial charge in [-0.2, -0.15) is 0 Å². The Balaban J connectivity index is 0.675. The number of alkyl carbamates (subject to hydrolysis) is 1. The standard InChI is InChI=1S/C74H104N8O10/c1-44(11-23-65(83)84)46(3)71(7)29-27-58-49(39-71)13-16-50-37-52(25-30-72(50,58)8)90-67(87)42-80-40-61(76-78-80)47-14-18-54-55-19-15-48(36-64(55)82(63(54)35-47)34-33-75-69(89)92-70(4,5)6)62-41-81(79-77-62)43-68(88)91-53-26-31-73(9)51(38-53)17-20-56-59-22-21-57(45(2)12-24-66(85)86)74(59,10)32-28-60(56)73/h14-15,18-19,35-36,40-41,44-46,49-53,56-60H,11-13,16-17,20-34,37-39,42-43H2,1-10H3,(H,75,89)(H,83,84)(H,85,86)/t44-,45-,46?,49+,50-,51-,52-,53-,56+,57?,58?,59+,60?,71?,72?,73?,74?/m1/s1. The molecule has 18 nitrogen and oxygen atoms in total. The number of fused-ring (bicyclic) bond motifs is 11. The largest absolute Gasteiger partial charge is 0.481 e. The van der Waals surface area contributed by atoms with Gasteiger partial charge in [-0.1, -0.05) is 83.2 Å². The molecule has 17 atom stereocenters. The molecular weight excluding hydrogens is 1160 g/mol. The van der Waals surface area contributed by atoms with Crippen molar-refractivity contribution < 1.29 is 48.4 Å². The first-order chi connectivity index (χ1) is 43.7. The normalized spacial score (nSPS) is 32.8. The smallest absolute Gasteiger partial charge is 0.407 e. The van der Waals surface area contributed by atoms with Crippen LogP contribution in [0.25, 0.3) is 44.3 Å². The molecule has 3 N–H and O–H groups in total. The second kappa shape index (κ2) is 25.8. The van der Waals surface area contributed by atoms with E-state index in [-0.39, 0.29) is 66.3 Å². The van der Waals surface area contributed by atoms with Gasteiger partial charge >= 0.3 is 30.0 Å². The summed E-state index contributed by atoms with van der Waals surface area (Å²) in [6, 6.07) is 12.3. The van der Waals surface area contributed by atoms with Crippen molar-refractivity contribution in [3.05, 3.63) is 48.8 Å². The van der Waals surface area contributed by atoms with Crippen molar-refractivity contribution in [2.24, 2.45) is 86.8 Å². The van der Waals surface area contributed by atoms with Gasteiger partial charge in [-0.3, -0.25) is 19.2 Å². The summed E-state index contributed by atoms with van der Waals surface area (Å²) < 4.78 is 23.4. The number of carbonyl (C=O) groups is 5. The third kappa shape index (κ3) is 13.1. The van der Waals surface area contributed by atoms with E-state index in [1.54, 1.807) is 21.8 Å². The van der Waals surface area contributed by atoms with E-state index in [1.807, 2.05) is 32.9 Å². The Hall–Kier alpha value is -6.33. The Bertz CT molecular complexity index is 3550. The molecule has 92 heavy (non-hydrogen) atoms. The van der Waals surface area contributed by atoms with Crippen molar-refractivity contribution >= 4 is 51.8 Å². The summed E-state index contributed by atoms with van der Waals surface area (Å²) in [7, 11) is 0. The van der Waals surface area contributed by atoms with Gasteiger partial charge in [-0.05, 0) is 242 Å². The van der Waals surface area contributed by atoms with Gasteiger partial charge in [0.1, 0.15) is 42.3 Å². The van der Waals surface area contributed by atoms with Crippen molar-refractivity contribution in [2.45, 2.75) is 242 Å². The number of rotatable bonds is 20. The van der Waals surface area contributed by atoms with Crippen molar-refractivity contribution in [2.75, 3.05) is 6.54 Å². The predicted octanol–water partition coefficient (Wildman–Crippen LogP) is 15.0. The Kier molecular flexibility index (Phi) is 18.4. The molecule has 7 fully saturated rings. The zero-order chi connectivity index (χ0) is 65.2. The molecule has 3 aromatic heterocycles. The summed E-state index contributed by atoms with van der Waals surface area (Å²) in [4.78, 5) is 63.1. The minimum absolute atomic E-state index is 0.0425. The van der Waals surface area contributed by atoms with E-state index in [0.29, 0.717) is 89.1 Å². The molecule has 12 rings (SSSR count). The van der Waals surface area contributed by atoms with Gasteiger partial charge < -0.3 is 34.3 Å². The van der Waals surface area contributed by atoms with E-state index in [2.05, 4.69) is 103 Å². The van der Waals surface area contributed by atoms with Gasteiger partial charge in [0.2, 0.25) is 0 Å². The molecule has 0 spiro atoms. The van der Waals surface area contributed by atoms with Crippen LogP contribution < -0.4 is 5.32 Å². The number of amides is 1. The highest BCUT2D eigenvalue weighted by atomic mass is 16.6. The Labute approximate surface area is 543 Å². The average molecular weight is 1270 g/mol. The highest BCUT2D eigenvalue weighted by Gasteiger charge is 2.61. The van der Waals surface area contributed by atoms with E-state index in [9.17, 15) is 34.2 Å². The van der Waals surface area contributed by atoms with E-state index in [4.69, 9.17) is 14.2 Å². The number of carbonyl (C=O) groups excluding carboxylic acids is 3. The number of ether oxygens (including phenoxy) is 3. The molecule has 8 unspecified atom stereocenters. The predicted molar refractivity (Wildman–Crippen MR) is 352 cm³/mol. The van der Waals surface area contributed by atoms with Crippen LogP contribution in [0.15, 0.2) is 48.8 Å². The molecule has 0 radical (unpaired) electrons. The monoisotopic (exact) mass is 1260 g/mol.